The SMILES string of the molecule is CC(=O)NCC1CN(c2ccc3c(c2)-c2[nH]nc(-c4ccccc4)c2CCC3)C(=O)O1. The molecule has 1 aliphatic heterocycles. The molecule has 1 fully saturated rings. The summed E-state index contributed by atoms with van der Waals surface area (Å²) in [5.41, 5.74) is 7.45. The van der Waals surface area contributed by atoms with E-state index in [2.05, 4.69) is 39.8 Å². The average Bonchev–Trinajstić information content (AvgIpc) is 3.31. The standard InChI is InChI=1S/C24H24N4O3/c1-15(29)25-13-19-14-28(24(30)31-19)18-11-10-16-8-5-9-20-22(17-6-3-2-4-7-17)26-27-23(20)21(16)12-18/h2-4,6-7,10-12,19H,5,8-9,13-14H2,1H3,(H,25,29)(H,26,27). The molecule has 1 saturated heterocycles. The molecule has 31 heavy (non-hydrogen) atoms. The summed E-state index contributed by atoms with van der Waals surface area (Å²) in [6.45, 7) is 2.17. The third-order valence-electron chi connectivity index (χ3n) is 5.91. The number of amides is 2. The number of H-pyrrole nitrogens is 1. The molecule has 2 heterocycles. The Hall–Kier alpha value is -3.61. The second-order valence-corrected chi connectivity index (χ2v) is 8.04. The number of hydrogen-bond donors (Lipinski definition) is 2. The zero-order chi connectivity index (χ0) is 21.4. The topological polar surface area (TPSA) is 87.3 Å². The van der Waals surface area contributed by atoms with Gasteiger partial charge in [0, 0.05) is 29.3 Å². The van der Waals surface area contributed by atoms with Crippen molar-refractivity contribution in [2.75, 3.05) is 18.0 Å². The van der Waals surface area contributed by atoms with Crippen LogP contribution in [0.2, 0.25) is 0 Å². The lowest BCUT2D eigenvalue weighted by molar-refractivity contribution is -0.119. The van der Waals surface area contributed by atoms with E-state index < -0.39 is 6.09 Å². The van der Waals surface area contributed by atoms with Crippen LogP contribution in [0.4, 0.5) is 10.5 Å². The van der Waals surface area contributed by atoms with Crippen LogP contribution in [0.1, 0.15) is 24.5 Å². The lowest BCUT2D eigenvalue weighted by Gasteiger charge is -2.16. The van der Waals surface area contributed by atoms with Crippen molar-refractivity contribution in [1.29, 1.82) is 0 Å². The highest BCUT2D eigenvalue weighted by atomic mass is 16.6. The Morgan fingerprint density at radius 3 is 2.87 bits per heavy atom. The van der Waals surface area contributed by atoms with Crippen LogP contribution in [0.15, 0.2) is 48.5 Å². The van der Waals surface area contributed by atoms with Gasteiger partial charge in [0.25, 0.3) is 0 Å². The van der Waals surface area contributed by atoms with E-state index in [4.69, 9.17) is 4.74 Å². The van der Waals surface area contributed by atoms with Gasteiger partial charge in [-0.25, -0.2) is 4.79 Å². The number of aromatic amines is 1. The molecule has 7 heteroatoms. The summed E-state index contributed by atoms with van der Waals surface area (Å²) < 4.78 is 5.43. The van der Waals surface area contributed by atoms with E-state index in [0.717, 1.165) is 47.5 Å². The van der Waals surface area contributed by atoms with Crippen LogP contribution < -0.4 is 10.2 Å². The van der Waals surface area contributed by atoms with Gasteiger partial charge in [0.05, 0.1) is 24.5 Å². The highest BCUT2D eigenvalue weighted by Crippen LogP contribution is 2.38. The van der Waals surface area contributed by atoms with Gasteiger partial charge in [-0.1, -0.05) is 36.4 Å². The number of aromatic nitrogens is 2. The molecule has 1 atom stereocenters. The number of carbonyl (C=O) groups excluding carboxylic acids is 2. The Bertz CT molecular complexity index is 1140. The van der Waals surface area contributed by atoms with E-state index in [9.17, 15) is 9.59 Å². The number of ether oxygens (including phenoxy) is 1. The third kappa shape index (κ3) is 3.67. The van der Waals surface area contributed by atoms with E-state index in [-0.39, 0.29) is 12.0 Å². The number of hydrogen-bond acceptors (Lipinski definition) is 4. The average molecular weight is 416 g/mol. The number of fused-ring (bicyclic) bond motifs is 3. The van der Waals surface area contributed by atoms with Gasteiger partial charge in [0.2, 0.25) is 5.91 Å². The zero-order valence-corrected chi connectivity index (χ0v) is 17.4. The molecular formula is C24H24N4O3. The van der Waals surface area contributed by atoms with Crippen LogP contribution in [-0.2, 0) is 22.4 Å². The number of nitrogens with one attached hydrogen (secondary N) is 2. The number of aryl methyl sites for hydroxylation is 1. The molecule has 0 spiro atoms. The number of rotatable bonds is 4. The van der Waals surface area contributed by atoms with Gasteiger partial charge in [-0.2, -0.15) is 5.10 Å². The first-order valence-corrected chi connectivity index (χ1v) is 10.6. The molecular weight excluding hydrogens is 392 g/mol. The lowest BCUT2D eigenvalue weighted by Crippen LogP contribution is -2.33. The Labute approximate surface area is 180 Å². The van der Waals surface area contributed by atoms with Gasteiger partial charge < -0.3 is 10.1 Å². The summed E-state index contributed by atoms with van der Waals surface area (Å²) in [4.78, 5) is 25.3. The molecule has 7 nitrogen and oxygen atoms in total. The molecule has 2 aromatic carbocycles. The fraction of sp³-hybridized carbons (Fsp3) is 0.292. The maximum Gasteiger partial charge on any atom is 0.414 e. The van der Waals surface area contributed by atoms with Crippen molar-refractivity contribution in [2.45, 2.75) is 32.3 Å². The minimum absolute atomic E-state index is 0.138. The van der Waals surface area contributed by atoms with Crippen molar-refractivity contribution in [3.8, 4) is 22.5 Å². The normalized spacial score (nSPS) is 17.5. The predicted octanol–water partition coefficient (Wildman–Crippen LogP) is 3.69. The van der Waals surface area contributed by atoms with Gasteiger partial charge >= 0.3 is 6.09 Å². The van der Waals surface area contributed by atoms with Crippen LogP contribution in [0.25, 0.3) is 22.5 Å². The molecule has 158 valence electrons. The van der Waals surface area contributed by atoms with Crippen LogP contribution in [0.3, 0.4) is 0 Å². The fourth-order valence-electron chi connectivity index (χ4n) is 4.40. The number of anilines is 1. The first-order chi connectivity index (χ1) is 15.1. The number of carbonyl (C=O) groups is 2. The Morgan fingerprint density at radius 1 is 1.23 bits per heavy atom. The Kier molecular flexibility index (Phi) is 4.94. The molecule has 2 aliphatic rings. The molecule has 0 saturated carbocycles. The van der Waals surface area contributed by atoms with Crippen molar-refractivity contribution in [1.82, 2.24) is 15.5 Å². The van der Waals surface area contributed by atoms with Crippen LogP contribution >= 0.6 is 0 Å². The van der Waals surface area contributed by atoms with Gasteiger partial charge in [-0.3, -0.25) is 14.8 Å². The first kappa shape index (κ1) is 19.4. The zero-order valence-electron chi connectivity index (χ0n) is 17.4. The van der Waals surface area contributed by atoms with Crippen LogP contribution in [0.5, 0.6) is 0 Å². The van der Waals surface area contributed by atoms with E-state index >= 15 is 0 Å². The summed E-state index contributed by atoms with van der Waals surface area (Å²) in [6, 6.07) is 16.3. The van der Waals surface area contributed by atoms with Crippen LogP contribution in [0, 0.1) is 0 Å². The third-order valence-corrected chi connectivity index (χ3v) is 5.91. The minimum Gasteiger partial charge on any atom is -0.442 e. The molecule has 3 aromatic rings. The summed E-state index contributed by atoms with van der Waals surface area (Å²) in [6.07, 6.45) is 2.22. The summed E-state index contributed by atoms with van der Waals surface area (Å²) in [5, 5.41) is 10.6. The van der Waals surface area contributed by atoms with Gasteiger partial charge in [-0.05, 0) is 37.0 Å². The Morgan fingerprint density at radius 2 is 2.06 bits per heavy atom. The van der Waals surface area contributed by atoms with E-state index in [1.54, 1.807) is 4.90 Å². The van der Waals surface area contributed by atoms with Crippen molar-refractivity contribution in [3.05, 3.63) is 59.7 Å². The molecule has 1 aromatic heterocycles. The first-order valence-electron chi connectivity index (χ1n) is 10.6. The smallest absolute Gasteiger partial charge is 0.414 e. The van der Waals surface area contributed by atoms with E-state index in [0.29, 0.717) is 13.1 Å². The molecule has 0 bridgehead atoms. The van der Waals surface area contributed by atoms with Crippen molar-refractivity contribution in [3.63, 3.8) is 0 Å². The number of cyclic esters (lactones) is 1. The lowest BCUT2D eigenvalue weighted by atomic mass is 9.99. The van der Waals surface area contributed by atoms with Gasteiger partial charge in [0.1, 0.15) is 6.10 Å². The highest BCUT2D eigenvalue weighted by molar-refractivity contribution is 5.91. The van der Waals surface area contributed by atoms with Crippen molar-refractivity contribution >= 4 is 17.7 Å². The molecule has 0 radical (unpaired) electrons. The van der Waals surface area contributed by atoms with Crippen molar-refractivity contribution < 1.29 is 14.3 Å². The second-order valence-electron chi connectivity index (χ2n) is 8.04. The molecule has 2 N–H and O–H groups in total. The second kappa shape index (κ2) is 7.91. The summed E-state index contributed by atoms with van der Waals surface area (Å²) in [7, 11) is 0. The van der Waals surface area contributed by atoms with Crippen LogP contribution in [-0.4, -0.2) is 41.4 Å². The van der Waals surface area contributed by atoms with E-state index in [1.807, 2.05) is 24.3 Å². The fourth-order valence-corrected chi connectivity index (χ4v) is 4.40. The maximum atomic E-state index is 12.5. The molecule has 1 unspecified atom stereocenters. The maximum absolute atomic E-state index is 12.5. The summed E-state index contributed by atoms with van der Waals surface area (Å²) >= 11 is 0. The highest BCUT2D eigenvalue weighted by Gasteiger charge is 2.33. The quantitative estimate of drug-likeness (QED) is 0.679. The van der Waals surface area contributed by atoms with Crippen molar-refractivity contribution in [2.24, 2.45) is 0 Å². The van der Waals surface area contributed by atoms with E-state index in [1.165, 1.54) is 18.1 Å². The molecule has 5 rings (SSSR count). The monoisotopic (exact) mass is 416 g/mol. The van der Waals surface area contributed by atoms with Gasteiger partial charge in [0.15, 0.2) is 0 Å². The summed E-state index contributed by atoms with van der Waals surface area (Å²) in [5.74, 6) is -0.138. The molecule has 2 amide bonds. The largest absolute Gasteiger partial charge is 0.442 e. The minimum atomic E-state index is -0.390. The number of nitrogens with zero attached hydrogens (tertiary/aromatic N) is 2. The number of benzene rings is 2. The Balaban J connectivity index is 1.48. The van der Waals surface area contributed by atoms with Gasteiger partial charge in [-0.15, -0.1) is 0 Å². The molecule has 1 aliphatic carbocycles. The predicted molar refractivity (Wildman–Crippen MR) is 118 cm³/mol.